The number of rotatable bonds is 6. The van der Waals surface area contributed by atoms with Crippen molar-refractivity contribution in [3.63, 3.8) is 0 Å². The molecule has 0 spiro atoms. The van der Waals surface area contributed by atoms with Gasteiger partial charge in [0.25, 0.3) is 0 Å². The SMILES string of the molecule is Cn1ccnc1[C@H](O)c1cc2n(n1)CCN(CCSc1ccccc1)C2. The van der Waals surface area contributed by atoms with Gasteiger partial charge in [-0.1, -0.05) is 18.2 Å². The number of aryl methyl sites for hydroxylation is 1. The first-order chi connectivity index (χ1) is 12.7. The van der Waals surface area contributed by atoms with Gasteiger partial charge in [0, 0.05) is 49.7 Å². The van der Waals surface area contributed by atoms with Crippen LogP contribution in [0.15, 0.2) is 53.7 Å². The summed E-state index contributed by atoms with van der Waals surface area (Å²) < 4.78 is 3.85. The molecule has 0 saturated heterocycles. The predicted octanol–water partition coefficient (Wildman–Crippen LogP) is 2.31. The molecule has 1 atom stereocenters. The van der Waals surface area contributed by atoms with Crippen LogP contribution in [0.2, 0.25) is 0 Å². The lowest BCUT2D eigenvalue weighted by Crippen LogP contribution is -2.35. The summed E-state index contributed by atoms with van der Waals surface area (Å²) in [6, 6.07) is 12.5. The summed E-state index contributed by atoms with van der Waals surface area (Å²) in [6.07, 6.45) is 2.75. The molecule has 1 N–H and O–H groups in total. The summed E-state index contributed by atoms with van der Waals surface area (Å²) in [5, 5.41) is 15.2. The van der Waals surface area contributed by atoms with Gasteiger partial charge in [-0.15, -0.1) is 11.8 Å². The third kappa shape index (κ3) is 3.70. The summed E-state index contributed by atoms with van der Waals surface area (Å²) in [6.45, 7) is 3.76. The number of benzene rings is 1. The molecule has 4 rings (SSSR count). The Morgan fingerprint density at radius 1 is 1.23 bits per heavy atom. The molecule has 26 heavy (non-hydrogen) atoms. The zero-order chi connectivity index (χ0) is 17.9. The number of nitrogens with zero attached hydrogens (tertiary/aromatic N) is 5. The van der Waals surface area contributed by atoms with Gasteiger partial charge >= 0.3 is 0 Å². The number of aliphatic hydroxyl groups is 1. The van der Waals surface area contributed by atoms with Crippen LogP contribution < -0.4 is 0 Å². The van der Waals surface area contributed by atoms with Crippen molar-refractivity contribution >= 4 is 11.8 Å². The second kappa shape index (κ2) is 7.65. The van der Waals surface area contributed by atoms with Crippen LogP contribution >= 0.6 is 11.8 Å². The number of imidazole rings is 1. The molecule has 136 valence electrons. The summed E-state index contributed by atoms with van der Waals surface area (Å²) >= 11 is 1.89. The van der Waals surface area contributed by atoms with Gasteiger partial charge in [0.1, 0.15) is 5.82 Å². The fraction of sp³-hybridized carbons (Fsp3) is 0.368. The first kappa shape index (κ1) is 17.3. The minimum atomic E-state index is -0.782. The Kier molecular flexibility index (Phi) is 5.10. The van der Waals surface area contributed by atoms with Gasteiger partial charge < -0.3 is 9.67 Å². The van der Waals surface area contributed by atoms with E-state index in [-0.39, 0.29) is 0 Å². The maximum Gasteiger partial charge on any atom is 0.155 e. The number of hydrogen-bond donors (Lipinski definition) is 1. The summed E-state index contributed by atoms with van der Waals surface area (Å²) in [4.78, 5) is 8.00. The van der Waals surface area contributed by atoms with E-state index >= 15 is 0 Å². The van der Waals surface area contributed by atoms with Crippen LogP contribution in [0.4, 0.5) is 0 Å². The summed E-state index contributed by atoms with van der Waals surface area (Å²) in [5.41, 5.74) is 1.83. The molecule has 3 aromatic rings. The molecule has 1 aromatic carbocycles. The molecule has 7 heteroatoms. The molecule has 6 nitrogen and oxygen atoms in total. The summed E-state index contributed by atoms with van der Waals surface area (Å²) in [5.74, 6) is 1.69. The molecule has 0 amide bonds. The Morgan fingerprint density at radius 3 is 2.85 bits per heavy atom. The first-order valence-corrected chi connectivity index (χ1v) is 9.81. The van der Waals surface area contributed by atoms with Gasteiger partial charge in [-0.25, -0.2) is 4.98 Å². The van der Waals surface area contributed by atoms with Gasteiger partial charge in [-0.3, -0.25) is 9.58 Å². The lowest BCUT2D eigenvalue weighted by Gasteiger charge is -2.27. The van der Waals surface area contributed by atoms with Crippen molar-refractivity contribution in [1.29, 1.82) is 0 Å². The van der Waals surface area contributed by atoms with Crippen LogP contribution in [0.3, 0.4) is 0 Å². The zero-order valence-corrected chi connectivity index (χ0v) is 15.6. The highest BCUT2D eigenvalue weighted by Crippen LogP contribution is 2.23. The van der Waals surface area contributed by atoms with Gasteiger partial charge in [0.15, 0.2) is 6.10 Å². The maximum atomic E-state index is 10.6. The third-order valence-corrected chi connectivity index (χ3v) is 5.69. The Bertz CT molecular complexity index is 860. The van der Waals surface area contributed by atoms with Crippen molar-refractivity contribution in [2.45, 2.75) is 24.1 Å². The van der Waals surface area contributed by atoms with E-state index in [0.717, 1.165) is 37.6 Å². The largest absolute Gasteiger partial charge is 0.379 e. The molecule has 2 aromatic heterocycles. The highest BCUT2D eigenvalue weighted by atomic mass is 32.2. The van der Waals surface area contributed by atoms with E-state index in [9.17, 15) is 5.11 Å². The Morgan fingerprint density at radius 2 is 2.08 bits per heavy atom. The molecule has 0 saturated carbocycles. The molecule has 1 aliphatic rings. The van der Waals surface area contributed by atoms with Crippen molar-refractivity contribution in [3.8, 4) is 0 Å². The molecule has 0 unspecified atom stereocenters. The molecule has 3 heterocycles. The van der Waals surface area contributed by atoms with E-state index < -0.39 is 6.10 Å². The van der Waals surface area contributed by atoms with Crippen molar-refractivity contribution in [2.24, 2.45) is 7.05 Å². The van der Waals surface area contributed by atoms with E-state index in [1.54, 1.807) is 6.20 Å². The number of hydrogen-bond acceptors (Lipinski definition) is 5. The second-order valence-electron chi connectivity index (χ2n) is 6.52. The van der Waals surface area contributed by atoms with Gasteiger partial charge in [-0.2, -0.15) is 5.10 Å². The Balaban J connectivity index is 1.37. The lowest BCUT2D eigenvalue weighted by atomic mass is 10.2. The third-order valence-electron chi connectivity index (χ3n) is 4.70. The van der Waals surface area contributed by atoms with Crippen LogP contribution in [-0.2, 0) is 20.1 Å². The lowest BCUT2D eigenvalue weighted by molar-refractivity contribution is 0.198. The molecule has 0 aliphatic carbocycles. The number of thioether (sulfide) groups is 1. The van der Waals surface area contributed by atoms with Gasteiger partial charge in [-0.05, 0) is 18.2 Å². The summed E-state index contributed by atoms with van der Waals surface area (Å²) in [7, 11) is 1.88. The topological polar surface area (TPSA) is 59.1 Å². The van der Waals surface area contributed by atoms with Crippen LogP contribution in [-0.4, -0.2) is 48.2 Å². The van der Waals surface area contributed by atoms with Crippen LogP contribution in [0.1, 0.15) is 23.3 Å². The molecule has 0 radical (unpaired) electrons. The minimum absolute atomic E-state index is 0.622. The van der Waals surface area contributed by atoms with Crippen LogP contribution in [0, 0.1) is 0 Å². The van der Waals surface area contributed by atoms with Gasteiger partial charge in [0.2, 0.25) is 0 Å². The van der Waals surface area contributed by atoms with Crippen LogP contribution in [0.5, 0.6) is 0 Å². The fourth-order valence-electron chi connectivity index (χ4n) is 3.25. The highest BCUT2D eigenvalue weighted by Gasteiger charge is 2.23. The van der Waals surface area contributed by atoms with E-state index in [0.29, 0.717) is 11.5 Å². The monoisotopic (exact) mass is 369 g/mol. The van der Waals surface area contributed by atoms with Crippen molar-refractivity contribution in [2.75, 3.05) is 18.8 Å². The smallest absolute Gasteiger partial charge is 0.155 e. The highest BCUT2D eigenvalue weighted by molar-refractivity contribution is 7.99. The van der Waals surface area contributed by atoms with E-state index in [2.05, 4.69) is 39.2 Å². The Labute approximate surface area is 157 Å². The minimum Gasteiger partial charge on any atom is -0.379 e. The maximum absolute atomic E-state index is 10.6. The predicted molar refractivity (Wildman–Crippen MR) is 102 cm³/mol. The number of fused-ring (bicyclic) bond motifs is 1. The molecule has 1 aliphatic heterocycles. The molecule has 0 fully saturated rings. The van der Waals surface area contributed by atoms with E-state index in [1.165, 1.54) is 4.90 Å². The van der Waals surface area contributed by atoms with Gasteiger partial charge in [0.05, 0.1) is 17.9 Å². The molecular formula is C19H23N5OS. The normalized spacial score (nSPS) is 15.8. The van der Waals surface area contributed by atoms with E-state index in [4.69, 9.17) is 0 Å². The standard InChI is InChI=1S/C19H23N5OS/c1-22-8-7-20-19(22)18(25)17-13-15-14-23(9-10-24(15)21-17)11-12-26-16-5-3-2-4-6-16/h2-8,13,18,25H,9-12,14H2,1H3/t18-/m1/s1. The fourth-order valence-corrected chi connectivity index (χ4v) is 4.18. The molecule has 0 bridgehead atoms. The van der Waals surface area contributed by atoms with E-state index in [1.807, 2.05) is 46.4 Å². The van der Waals surface area contributed by atoms with Crippen LogP contribution in [0.25, 0.3) is 0 Å². The average molecular weight is 369 g/mol. The first-order valence-electron chi connectivity index (χ1n) is 8.83. The van der Waals surface area contributed by atoms with Crippen molar-refractivity contribution < 1.29 is 5.11 Å². The second-order valence-corrected chi connectivity index (χ2v) is 7.69. The quantitative estimate of drug-likeness (QED) is 0.676. The number of aromatic nitrogens is 4. The van der Waals surface area contributed by atoms with Crippen molar-refractivity contribution in [1.82, 2.24) is 24.2 Å². The zero-order valence-electron chi connectivity index (χ0n) is 14.8. The molecular weight excluding hydrogens is 346 g/mol. The Hall–Kier alpha value is -2.09. The average Bonchev–Trinajstić information content (AvgIpc) is 3.28. The van der Waals surface area contributed by atoms with Crippen molar-refractivity contribution in [3.05, 3.63) is 66.0 Å². The number of aliphatic hydroxyl groups excluding tert-OH is 1.